The van der Waals surface area contributed by atoms with E-state index >= 15 is 0 Å². The normalized spacial score (nSPS) is 12.5. The van der Waals surface area contributed by atoms with Crippen LogP contribution in [0.15, 0.2) is 53.9 Å². The number of aromatic nitrogens is 4. The highest BCUT2D eigenvalue weighted by Crippen LogP contribution is 2.31. The van der Waals surface area contributed by atoms with Crippen molar-refractivity contribution in [2.24, 2.45) is 0 Å². The topological polar surface area (TPSA) is 74.0 Å². The number of fused-ring (bicyclic) bond motifs is 3. The maximum Gasteiger partial charge on any atom is 0.237 e. The third kappa shape index (κ3) is 4.45. The average Bonchev–Trinajstić information content (AvgIpc) is 3.35. The van der Waals surface area contributed by atoms with Crippen LogP contribution in [0.1, 0.15) is 20.3 Å². The lowest BCUT2D eigenvalue weighted by molar-refractivity contribution is -0.115. The summed E-state index contributed by atoms with van der Waals surface area (Å²) in [7, 11) is 1.69. The van der Waals surface area contributed by atoms with Crippen molar-refractivity contribution in [3.05, 3.63) is 48.8 Å². The van der Waals surface area contributed by atoms with E-state index in [0.717, 1.165) is 35.7 Å². The van der Waals surface area contributed by atoms with Gasteiger partial charge in [0.1, 0.15) is 6.33 Å². The highest BCUT2D eigenvalue weighted by atomic mass is 32.2. The Morgan fingerprint density at radius 1 is 1.19 bits per heavy atom. The molecule has 1 N–H and O–H groups in total. The van der Waals surface area contributed by atoms with Crippen molar-refractivity contribution >= 4 is 45.2 Å². The van der Waals surface area contributed by atoms with Crippen molar-refractivity contribution in [1.29, 1.82) is 0 Å². The summed E-state index contributed by atoms with van der Waals surface area (Å²) in [5, 5.41) is 14.0. The minimum atomic E-state index is -0.307. The van der Waals surface area contributed by atoms with Crippen molar-refractivity contribution in [2.75, 3.05) is 19.0 Å². The fourth-order valence-corrected chi connectivity index (χ4v) is 4.65. The number of carbonyl (C=O) groups excluding carboxylic acids is 1. The van der Waals surface area contributed by atoms with Crippen LogP contribution in [0, 0.1) is 0 Å². The first kappa shape index (κ1) is 21.4. The lowest BCUT2D eigenvalue weighted by Crippen LogP contribution is -2.23. The molecule has 8 heteroatoms. The van der Waals surface area contributed by atoms with E-state index in [-0.39, 0.29) is 11.2 Å². The van der Waals surface area contributed by atoms with Crippen LogP contribution in [0.25, 0.3) is 21.8 Å². The fourth-order valence-electron chi connectivity index (χ4n) is 3.80. The molecule has 4 rings (SSSR count). The van der Waals surface area contributed by atoms with Gasteiger partial charge in [-0.2, -0.15) is 0 Å². The Morgan fingerprint density at radius 2 is 2.00 bits per heavy atom. The van der Waals surface area contributed by atoms with Crippen LogP contribution in [0.5, 0.6) is 0 Å². The summed E-state index contributed by atoms with van der Waals surface area (Å²) in [6.45, 7) is 6.36. The van der Waals surface area contributed by atoms with Crippen molar-refractivity contribution in [2.45, 2.75) is 43.8 Å². The van der Waals surface area contributed by atoms with Crippen molar-refractivity contribution < 1.29 is 9.53 Å². The Hall–Kier alpha value is -2.84. The number of nitrogens with zero attached hydrogens (tertiary/aromatic N) is 4. The second-order valence-electron chi connectivity index (χ2n) is 7.40. The number of carbonyl (C=O) groups is 1. The first-order chi connectivity index (χ1) is 15.1. The number of methoxy groups -OCH3 is 1. The number of benzene rings is 2. The average molecular weight is 438 g/mol. The van der Waals surface area contributed by atoms with E-state index in [1.54, 1.807) is 13.4 Å². The van der Waals surface area contributed by atoms with Gasteiger partial charge in [-0.1, -0.05) is 30.0 Å². The maximum absolute atomic E-state index is 12.9. The summed E-state index contributed by atoms with van der Waals surface area (Å²) in [4.78, 5) is 12.9. The van der Waals surface area contributed by atoms with E-state index in [9.17, 15) is 4.79 Å². The first-order valence-corrected chi connectivity index (χ1v) is 11.4. The fraction of sp³-hybridized carbons (Fsp3) is 0.348. The molecule has 0 aliphatic heterocycles. The molecule has 0 fully saturated rings. The highest BCUT2D eigenvalue weighted by Gasteiger charge is 2.19. The number of rotatable bonds is 9. The number of ether oxygens (including phenoxy) is 1. The number of amides is 1. The van der Waals surface area contributed by atoms with Gasteiger partial charge < -0.3 is 19.2 Å². The number of thioether (sulfide) groups is 1. The molecule has 31 heavy (non-hydrogen) atoms. The molecule has 1 amide bonds. The van der Waals surface area contributed by atoms with Crippen LogP contribution in [0.3, 0.4) is 0 Å². The number of aryl methyl sites for hydroxylation is 2. The molecule has 0 aliphatic carbocycles. The summed E-state index contributed by atoms with van der Waals surface area (Å²) in [5.74, 6) is -0.0602. The molecule has 1 atom stereocenters. The van der Waals surface area contributed by atoms with Gasteiger partial charge in [-0.15, -0.1) is 10.2 Å². The Kier molecular flexibility index (Phi) is 6.58. The molecule has 0 radical (unpaired) electrons. The number of hydrogen-bond acceptors (Lipinski definition) is 5. The van der Waals surface area contributed by atoms with Crippen LogP contribution < -0.4 is 5.32 Å². The van der Waals surface area contributed by atoms with Gasteiger partial charge in [0.05, 0.1) is 5.25 Å². The Bertz CT molecular complexity index is 1200. The zero-order valence-corrected chi connectivity index (χ0v) is 18.9. The Labute approximate surface area is 185 Å². The summed E-state index contributed by atoms with van der Waals surface area (Å²) in [5.41, 5.74) is 3.18. The molecule has 0 bridgehead atoms. The van der Waals surface area contributed by atoms with Crippen molar-refractivity contribution in [1.82, 2.24) is 19.3 Å². The molecule has 0 aliphatic rings. The molecular formula is C23H27N5O2S. The van der Waals surface area contributed by atoms with Crippen LogP contribution in [0.2, 0.25) is 0 Å². The summed E-state index contributed by atoms with van der Waals surface area (Å²) in [6.07, 6.45) is 2.56. The van der Waals surface area contributed by atoms with E-state index in [0.29, 0.717) is 6.61 Å². The largest absolute Gasteiger partial charge is 0.385 e. The van der Waals surface area contributed by atoms with Gasteiger partial charge in [-0.05, 0) is 44.5 Å². The minimum absolute atomic E-state index is 0.0602. The third-order valence-corrected chi connectivity index (χ3v) is 6.43. The molecule has 7 nitrogen and oxygen atoms in total. The predicted octanol–water partition coefficient (Wildman–Crippen LogP) is 4.56. The molecule has 162 valence electrons. The van der Waals surface area contributed by atoms with Gasteiger partial charge >= 0.3 is 0 Å². The summed E-state index contributed by atoms with van der Waals surface area (Å²) < 4.78 is 9.36. The smallest absolute Gasteiger partial charge is 0.237 e. The molecule has 0 saturated carbocycles. The van der Waals surface area contributed by atoms with E-state index in [2.05, 4.69) is 63.4 Å². The number of hydrogen-bond donors (Lipinski definition) is 1. The monoisotopic (exact) mass is 437 g/mol. The summed E-state index contributed by atoms with van der Waals surface area (Å²) in [6, 6.07) is 14.5. The zero-order valence-electron chi connectivity index (χ0n) is 18.0. The maximum atomic E-state index is 12.9. The quantitative estimate of drug-likeness (QED) is 0.307. The van der Waals surface area contributed by atoms with Crippen molar-refractivity contribution in [3.8, 4) is 0 Å². The molecule has 2 heterocycles. The lowest BCUT2D eigenvalue weighted by atomic mass is 10.1. The van der Waals surface area contributed by atoms with E-state index < -0.39 is 0 Å². The molecule has 4 aromatic rings. The van der Waals surface area contributed by atoms with Crippen LogP contribution in [-0.4, -0.2) is 44.2 Å². The summed E-state index contributed by atoms with van der Waals surface area (Å²) >= 11 is 1.41. The van der Waals surface area contributed by atoms with Crippen LogP contribution in [0.4, 0.5) is 5.69 Å². The molecule has 2 aromatic heterocycles. The van der Waals surface area contributed by atoms with Gasteiger partial charge in [0.25, 0.3) is 0 Å². The molecular weight excluding hydrogens is 410 g/mol. The van der Waals surface area contributed by atoms with Gasteiger partial charge in [-0.25, -0.2) is 0 Å². The number of para-hydroxylation sites is 1. The predicted molar refractivity (Wildman–Crippen MR) is 126 cm³/mol. The van der Waals surface area contributed by atoms with Gasteiger partial charge in [-0.3, -0.25) is 4.79 Å². The number of nitrogens with one attached hydrogen (secondary N) is 1. The second kappa shape index (κ2) is 9.53. The molecule has 1 unspecified atom stereocenters. The van der Waals surface area contributed by atoms with Gasteiger partial charge in [0, 0.05) is 54.3 Å². The molecule has 0 saturated heterocycles. The Morgan fingerprint density at radius 3 is 2.81 bits per heavy atom. The van der Waals surface area contributed by atoms with E-state index in [1.165, 1.54) is 28.2 Å². The molecule has 0 spiro atoms. The van der Waals surface area contributed by atoms with Gasteiger partial charge in [0.2, 0.25) is 5.91 Å². The van der Waals surface area contributed by atoms with E-state index in [4.69, 9.17) is 4.74 Å². The standard InChI is InChI=1S/C23H27N5O2S/c1-4-28-20-9-6-5-8-18(20)19-14-17(10-11-21(19)28)25-22(29)16(2)31-23-26-24-15-27(23)12-7-13-30-3/h5-6,8-11,14-16H,4,7,12-13H2,1-3H3,(H,25,29). The van der Waals surface area contributed by atoms with Gasteiger partial charge in [0.15, 0.2) is 5.16 Å². The zero-order chi connectivity index (χ0) is 21.8. The first-order valence-electron chi connectivity index (χ1n) is 10.5. The third-order valence-electron chi connectivity index (χ3n) is 5.34. The van der Waals surface area contributed by atoms with Crippen LogP contribution >= 0.6 is 11.8 Å². The Balaban J connectivity index is 1.50. The second-order valence-corrected chi connectivity index (χ2v) is 8.70. The lowest BCUT2D eigenvalue weighted by Gasteiger charge is -2.13. The van der Waals surface area contributed by atoms with Crippen molar-refractivity contribution in [3.63, 3.8) is 0 Å². The SMILES string of the molecule is CCn1c2ccccc2c2cc(NC(=O)C(C)Sc3nncn3CCCOC)ccc21. The number of anilines is 1. The van der Waals surface area contributed by atoms with E-state index in [1.807, 2.05) is 17.6 Å². The highest BCUT2D eigenvalue weighted by molar-refractivity contribution is 8.00. The van der Waals surface area contributed by atoms with Crippen LogP contribution in [-0.2, 0) is 22.6 Å². The molecule has 2 aromatic carbocycles. The minimum Gasteiger partial charge on any atom is -0.385 e.